The fourth-order valence-electron chi connectivity index (χ4n) is 2.31. The number of hydrogen-bond acceptors (Lipinski definition) is 4. The van der Waals surface area contributed by atoms with Crippen LogP contribution in [0.15, 0.2) is 48.2 Å². The Balaban J connectivity index is 1.96. The molecule has 1 saturated heterocycles. The molecular formula is C16H9Cl2N3O4. The number of carbonyl (C=O) groups is 2. The van der Waals surface area contributed by atoms with Crippen molar-refractivity contribution < 1.29 is 14.5 Å². The Morgan fingerprint density at radius 3 is 2.56 bits per heavy atom. The van der Waals surface area contributed by atoms with Gasteiger partial charge >= 0.3 is 6.03 Å². The van der Waals surface area contributed by atoms with Crippen LogP contribution in [0.5, 0.6) is 0 Å². The second kappa shape index (κ2) is 6.54. The van der Waals surface area contributed by atoms with Crippen molar-refractivity contribution in [1.82, 2.24) is 5.32 Å². The third-order valence-corrected chi connectivity index (χ3v) is 3.98. The maximum absolute atomic E-state index is 12.5. The minimum Gasteiger partial charge on any atom is -0.302 e. The molecule has 1 fully saturated rings. The summed E-state index contributed by atoms with van der Waals surface area (Å²) in [6.45, 7) is 0. The average Bonchev–Trinajstić information content (AvgIpc) is 2.83. The molecule has 0 aromatic heterocycles. The Bertz CT molecular complexity index is 943. The molecule has 0 radical (unpaired) electrons. The summed E-state index contributed by atoms with van der Waals surface area (Å²) >= 11 is 11.6. The van der Waals surface area contributed by atoms with Gasteiger partial charge in [-0.2, -0.15) is 0 Å². The Labute approximate surface area is 151 Å². The molecule has 0 spiro atoms. The van der Waals surface area contributed by atoms with Crippen LogP contribution < -0.4 is 10.2 Å². The molecule has 126 valence electrons. The summed E-state index contributed by atoms with van der Waals surface area (Å²) in [5.74, 6) is -0.593. The summed E-state index contributed by atoms with van der Waals surface area (Å²) in [5, 5.41) is 13.7. The van der Waals surface area contributed by atoms with Crippen molar-refractivity contribution in [1.29, 1.82) is 0 Å². The van der Waals surface area contributed by atoms with E-state index >= 15 is 0 Å². The van der Waals surface area contributed by atoms with E-state index in [1.54, 1.807) is 18.2 Å². The lowest BCUT2D eigenvalue weighted by Gasteiger charge is -2.11. The largest absolute Gasteiger partial charge is 0.333 e. The predicted octanol–water partition coefficient (Wildman–Crippen LogP) is 4.00. The summed E-state index contributed by atoms with van der Waals surface area (Å²) in [7, 11) is 0. The summed E-state index contributed by atoms with van der Waals surface area (Å²) in [6, 6.07) is 9.72. The van der Waals surface area contributed by atoms with Gasteiger partial charge < -0.3 is 5.32 Å². The van der Waals surface area contributed by atoms with Crippen LogP contribution in [0.25, 0.3) is 6.08 Å². The SMILES string of the molecule is O=C1NC(=Cc2ccc(Cl)c([N+](=O)[O-])c2)C(=O)N1c1cccc(Cl)c1. The highest BCUT2D eigenvalue weighted by molar-refractivity contribution is 6.33. The molecule has 1 aliphatic heterocycles. The van der Waals surface area contributed by atoms with Crippen LogP contribution in [-0.4, -0.2) is 16.9 Å². The van der Waals surface area contributed by atoms with E-state index in [0.29, 0.717) is 16.3 Å². The van der Waals surface area contributed by atoms with Crippen molar-refractivity contribution in [3.8, 4) is 0 Å². The molecule has 1 aliphatic rings. The zero-order valence-electron chi connectivity index (χ0n) is 12.4. The van der Waals surface area contributed by atoms with Gasteiger partial charge in [-0.05, 0) is 35.9 Å². The molecular weight excluding hydrogens is 369 g/mol. The molecule has 2 aromatic carbocycles. The maximum atomic E-state index is 12.5. The Morgan fingerprint density at radius 2 is 1.88 bits per heavy atom. The van der Waals surface area contributed by atoms with E-state index in [1.807, 2.05) is 0 Å². The third kappa shape index (κ3) is 3.33. The first-order chi connectivity index (χ1) is 11.9. The number of urea groups is 1. The second-order valence-electron chi connectivity index (χ2n) is 5.08. The van der Waals surface area contributed by atoms with E-state index in [1.165, 1.54) is 30.3 Å². The lowest BCUT2D eigenvalue weighted by Crippen LogP contribution is -2.30. The standard InChI is InChI=1S/C16H9Cl2N3O4/c17-10-2-1-3-11(8-10)20-15(22)13(19-16(20)23)6-9-4-5-12(18)14(7-9)21(24)25/h1-8H,(H,19,23). The molecule has 7 nitrogen and oxygen atoms in total. The molecule has 3 rings (SSSR count). The molecule has 1 heterocycles. The zero-order valence-corrected chi connectivity index (χ0v) is 13.9. The number of halogens is 2. The van der Waals surface area contributed by atoms with Gasteiger partial charge in [-0.3, -0.25) is 14.9 Å². The van der Waals surface area contributed by atoms with Crippen molar-refractivity contribution in [3.05, 3.63) is 73.9 Å². The summed E-state index contributed by atoms with van der Waals surface area (Å²) < 4.78 is 0. The van der Waals surface area contributed by atoms with Crippen LogP contribution in [0.2, 0.25) is 10.0 Å². The van der Waals surface area contributed by atoms with E-state index in [0.717, 1.165) is 4.90 Å². The van der Waals surface area contributed by atoms with Crippen molar-refractivity contribution in [2.45, 2.75) is 0 Å². The van der Waals surface area contributed by atoms with Crippen LogP contribution in [0.1, 0.15) is 5.56 Å². The van der Waals surface area contributed by atoms with Crippen LogP contribution in [0.4, 0.5) is 16.2 Å². The van der Waals surface area contributed by atoms with Gasteiger partial charge in [0.25, 0.3) is 11.6 Å². The maximum Gasteiger partial charge on any atom is 0.333 e. The average molecular weight is 378 g/mol. The van der Waals surface area contributed by atoms with Gasteiger partial charge in [-0.25, -0.2) is 9.69 Å². The first kappa shape index (κ1) is 16.9. The molecule has 2 aromatic rings. The Hall–Kier alpha value is -2.90. The van der Waals surface area contributed by atoms with E-state index in [9.17, 15) is 19.7 Å². The molecule has 0 bridgehead atoms. The number of hydrogen-bond donors (Lipinski definition) is 1. The Kier molecular flexibility index (Phi) is 4.43. The lowest BCUT2D eigenvalue weighted by molar-refractivity contribution is -0.384. The number of anilines is 1. The molecule has 1 N–H and O–H groups in total. The van der Waals surface area contributed by atoms with E-state index in [2.05, 4.69) is 5.32 Å². The van der Waals surface area contributed by atoms with Gasteiger partial charge in [0.15, 0.2) is 0 Å². The number of benzene rings is 2. The third-order valence-electron chi connectivity index (χ3n) is 3.42. The Morgan fingerprint density at radius 1 is 1.12 bits per heavy atom. The zero-order chi connectivity index (χ0) is 18.1. The van der Waals surface area contributed by atoms with Gasteiger partial charge in [0.05, 0.1) is 10.6 Å². The van der Waals surface area contributed by atoms with Gasteiger partial charge in [0.2, 0.25) is 0 Å². The highest BCUT2D eigenvalue weighted by Gasteiger charge is 2.35. The highest BCUT2D eigenvalue weighted by atomic mass is 35.5. The van der Waals surface area contributed by atoms with Crippen LogP contribution in [0.3, 0.4) is 0 Å². The number of amides is 3. The summed E-state index contributed by atoms with van der Waals surface area (Å²) in [5.41, 5.74) is 0.370. The van der Waals surface area contributed by atoms with Gasteiger partial charge in [0, 0.05) is 11.1 Å². The normalized spacial score (nSPS) is 15.6. The summed E-state index contributed by atoms with van der Waals surface area (Å²) in [4.78, 5) is 35.8. The number of imide groups is 1. The second-order valence-corrected chi connectivity index (χ2v) is 5.92. The van der Waals surface area contributed by atoms with Gasteiger partial charge in [-0.15, -0.1) is 0 Å². The summed E-state index contributed by atoms with van der Waals surface area (Å²) in [6.07, 6.45) is 1.34. The van der Waals surface area contributed by atoms with Crippen LogP contribution >= 0.6 is 23.2 Å². The number of rotatable bonds is 3. The molecule has 25 heavy (non-hydrogen) atoms. The van der Waals surface area contributed by atoms with Crippen LogP contribution in [-0.2, 0) is 4.79 Å². The minimum absolute atomic E-state index is 0.0124. The van der Waals surface area contributed by atoms with E-state index in [-0.39, 0.29) is 16.4 Å². The van der Waals surface area contributed by atoms with Crippen LogP contribution in [0, 0.1) is 10.1 Å². The molecule has 0 saturated carbocycles. The number of nitrogens with zero attached hydrogens (tertiary/aromatic N) is 2. The monoisotopic (exact) mass is 377 g/mol. The molecule has 0 atom stereocenters. The fraction of sp³-hybridized carbons (Fsp3) is 0. The minimum atomic E-state index is -0.637. The molecule has 9 heteroatoms. The number of nitro benzene ring substituents is 1. The molecule has 0 aliphatic carbocycles. The predicted molar refractivity (Wildman–Crippen MR) is 93.6 cm³/mol. The fourth-order valence-corrected chi connectivity index (χ4v) is 2.68. The lowest BCUT2D eigenvalue weighted by atomic mass is 10.1. The number of nitrogens with one attached hydrogen (secondary N) is 1. The van der Waals surface area contributed by atoms with E-state index < -0.39 is 16.9 Å². The number of carbonyl (C=O) groups excluding carboxylic acids is 2. The van der Waals surface area contributed by atoms with Gasteiger partial charge in [-0.1, -0.05) is 35.3 Å². The molecule has 0 unspecified atom stereocenters. The quantitative estimate of drug-likeness (QED) is 0.378. The van der Waals surface area contributed by atoms with Crippen molar-refractivity contribution in [3.63, 3.8) is 0 Å². The van der Waals surface area contributed by atoms with Crippen molar-refractivity contribution >= 4 is 52.6 Å². The van der Waals surface area contributed by atoms with Crippen molar-refractivity contribution in [2.75, 3.05) is 4.90 Å². The van der Waals surface area contributed by atoms with Crippen molar-refractivity contribution in [2.24, 2.45) is 0 Å². The molecule has 3 amide bonds. The topological polar surface area (TPSA) is 92.5 Å². The first-order valence-corrected chi connectivity index (χ1v) is 7.69. The van der Waals surface area contributed by atoms with E-state index in [4.69, 9.17) is 23.2 Å². The highest BCUT2D eigenvalue weighted by Crippen LogP contribution is 2.28. The number of nitro groups is 1. The first-order valence-electron chi connectivity index (χ1n) is 6.93. The van der Waals surface area contributed by atoms with Gasteiger partial charge in [0.1, 0.15) is 10.7 Å². The smallest absolute Gasteiger partial charge is 0.302 e.